The zero-order chi connectivity index (χ0) is 57.5. The molecule has 6 rings (SSSR count). The van der Waals surface area contributed by atoms with Crippen LogP contribution in [0.15, 0.2) is 67.0 Å². The molecule has 4 amide bonds. The van der Waals surface area contributed by atoms with E-state index in [0.717, 1.165) is 71.7 Å². The number of piperazine rings is 1. The summed E-state index contributed by atoms with van der Waals surface area (Å²) < 4.78 is 161. The largest absolute Gasteiger partial charge is 0.453 e. The average molecular weight is 1110 g/mol. The summed E-state index contributed by atoms with van der Waals surface area (Å²) in [6.07, 6.45) is -13.9. The summed E-state index contributed by atoms with van der Waals surface area (Å²) in [5.41, 5.74) is -6.81. The Bertz CT molecular complexity index is 2790. The Balaban J connectivity index is 1.34. The summed E-state index contributed by atoms with van der Waals surface area (Å²) in [7, 11) is 1.57. The fraction of sp³-hybridized carbons (Fsp3) is 0.490. The SMILES string of the molecule is COC(=O)N[C@H](C(=O)N[C@@H](Cc1ccc(C#Cc2ccc(N3CCN(C4COC4)CC3)nc2)cc1)[C@@H](O)CN(Cc1c(F)cc(-c2ccn(C(F)F)n2)cc1F)C(=O)[C@@H](NC(=O)OC)C(C)(C)C(F)(F)F)C(C)(C)C(F)(F)F. The third-order valence-electron chi connectivity index (χ3n) is 13.7. The average Bonchev–Trinajstić information content (AvgIpc) is 3.92. The lowest BCUT2D eigenvalue weighted by atomic mass is 9.82. The first kappa shape index (κ1) is 60.1. The van der Waals surface area contributed by atoms with Crippen LogP contribution in [0.25, 0.3) is 11.3 Å². The summed E-state index contributed by atoms with van der Waals surface area (Å²) in [6.45, 7) is 1.17. The molecule has 2 saturated heterocycles. The first-order valence-electron chi connectivity index (χ1n) is 24.1. The minimum atomic E-state index is -5.30. The van der Waals surface area contributed by atoms with E-state index in [1.54, 1.807) is 17.6 Å². The number of aromatic nitrogens is 3. The molecular formula is C51H57F10N9O8. The predicted octanol–water partition coefficient (Wildman–Crippen LogP) is 6.58. The number of pyridine rings is 1. The minimum absolute atomic E-state index is 0.182. The predicted molar refractivity (Wildman–Crippen MR) is 259 cm³/mol. The molecule has 2 aromatic carbocycles. The molecule has 27 heteroatoms. The first-order chi connectivity index (χ1) is 36.5. The molecule has 424 valence electrons. The van der Waals surface area contributed by atoms with Crippen molar-refractivity contribution in [2.75, 3.05) is 65.1 Å². The number of methoxy groups -OCH3 is 2. The number of hydrogen-bond donors (Lipinski definition) is 4. The second-order valence-electron chi connectivity index (χ2n) is 19.6. The molecule has 0 unspecified atom stereocenters. The Morgan fingerprint density at radius 3 is 1.85 bits per heavy atom. The van der Waals surface area contributed by atoms with Crippen molar-refractivity contribution in [3.63, 3.8) is 0 Å². The molecule has 2 aliphatic heterocycles. The lowest BCUT2D eigenvalue weighted by molar-refractivity contribution is -0.222. The monoisotopic (exact) mass is 1110 g/mol. The Labute approximate surface area is 441 Å². The van der Waals surface area contributed by atoms with E-state index in [1.165, 1.54) is 24.3 Å². The number of benzene rings is 2. The number of alkyl halides is 8. The van der Waals surface area contributed by atoms with Crippen molar-refractivity contribution in [2.45, 2.75) is 89.8 Å². The first-order valence-corrected chi connectivity index (χ1v) is 24.1. The topological polar surface area (TPSA) is 193 Å². The second kappa shape index (κ2) is 24.7. The van der Waals surface area contributed by atoms with Crippen LogP contribution in [0.2, 0.25) is 0 Å². The third kappa shape index (κ3) is 14.3. The number of aliphatic hydroxyl groups is 1. The van der Waals surface area contributed by atoms with Gasteiger partial charge in [0.2, 0.25) is 11.8 Å². The lowest BCUT2D eigenvalue weighted by Crippen LogP contribution is -2.63. The van der Waals surface area contributed by atoms with Crippen LogP contribution in [0.4, 0.5) is 59.3 Å². The summed E-state index contributed by atoms with van der Waals surface area (Å²) >= 11 is 0. The van der Waals surface area contributed by atoms with Crippen LogP contribution in [0, 0.1) is 34.3 Å². The van der Waals surface area contributed by atoms with Gasteiger partial charge in [-0.25, -0.2) is 28.0 Å². The molecule has 0 aliphatic carbocycles. The smallest absolute Gasteiger partial charge is 0.407 e. The normalized spacial score (nSPS) is 16.2. The van der Waals surface area contributed by atoms with Gasteiger partial charge in [0.05, 0.1) is 68.7 Å². The van der Waals surface area contributed by atoms with E-state index in [2.05, 4.69) is 46.5 Å². The van der Waals surface area contributed by atoms with Gasteiger partial charge >= 0.3 is 31.1 Å². The van der Waals surface area contributed by atoms with Crippen molar-refractivity contribution in [3.8, 4) is 23.1 Å². The molecule has 2 aromatic heterocycles. The van der Waals surface area contributed by atoms with Crippen LogP contribution in [-0.2, 0) is 36.8 Å². The van der Waals surface area contributed by atoms with E-state index < -0.39 is 120 Å². The molecule has 17 nitrogen and oxygen atoms in total. The number of anilines is 1. The zero-order valence-corrected chi connectivity index (χ0v) is 42.9. The highest BCUT2D eigenvalue weighted by molar-refractivity contribution is 5.88. The van der Waals surface area contributed by atoms with Gasteiger partial charge in [-0.05, 0) is 82.1 Å². The summed E-state index contributed by atoms with van der Waals surface area (Å²) in [6, 6.07) is 5.24. The van der Waals surface area contributed by atoms with Crippen LogP contribution in [-0.4, -0.2) is 156 Å². The maximum absolute atomic E-state index is 16.1. The van der Waals surface area contributed by atoms with E-state index in [0.29, 0.717) is 61.9 Å². The van der Waals surface area contributed by atoms with Gasteiger partial charge < -0.3 is 45.1 Å². The number of ether oxygens (including phenoxy) is 3. The van der Waals surface area contributed by atoms with Gasteiger partial charge in [-0.1, -0.05) is 24.0 Å². The van der Waals surface area contributed by atoms with Crippen molar-refractivity contribution in [1.29, 1.82) is 0 Å². The molecule has 2 fully saturated rings. The van der Waals surface area contributed by atoms with Crippen molar-refractivity contribution < 1.29 is 82.4 Å². The number of amides is 4. The van der Waals surface area contributed by atoms with Crippen LogP contribution in [0.5, 0.6) is 0 Å². The highest BCUT2D eigenvalue weighted by atomic mass is 19.4. The van der Waals surface area contributed by atoms with E-state index in [4.69, 9.17) is 4.74 Å². The quantitative estimate of drug-likeness (QED) is 0.0619. The Hall–Kier alpha value is -7.18. The van der Waals surface area contributed by atoms with E-state index in [-0.39, 0.29) is 15.9 Å². The molecule has 0 radical (unpaired) electrons. The van der Waals surface area contributed by atoms with Crippen molar-refractivity contribution in [2.24, 2.45) is 10.8 Å². The molecule has 0 saturated carbocycles. The highest BCUT2D eigenvalue weighted by Crippen LogP contribution is 2.42. The molecule has 4 heterocycles. The molecule has 78 heavy (non-hydrogen) atoms. The van der Waals surface area contributed by atoms with Gasteiger partial charge in [0.25, 0.3) is 0 Å². The number of carbonyl (C=O) groups is 4. The van der Waals surface area contributed by atoms with Crippen LogP contribution >= 0.6 is 0 Å². The number of rotatable bonds is 18. The molecule has 0 bridgehead atoms. The number of halogens is 10. The Kier molecular flexibility index (Phi) is 19.0. The molecule has 4 N–H and O–H groups in total. The van der Waals surface area contributed by atoms with Crippen LogP contribution in [0.3, 0.4) is 0 Å². The minimum Gasteiger partial charge on any atom is -0.453 e. The van der Waals surface area contributed by atoms with Crippen LogP contribution < -0.4 is 20.9 Å². The maximum Gasteiger partial charge on any atom is 0.407 e. The van der Waals surface area contributed by atoms with E-state index >= 15 is 8.78 Å². The number of alkyl carbamates (subject to hydrolysis) is 2. The van der Waals surface area contributed by atoms with Gasteiger partial charge in [-0.2, -0.15) is 40.2 Å². The summed E-state index contributed by atoms with van der Waals surface area (Å²) in [4.78, 5) is 63.0. The fourth-order valence-corrected chi connectivity index (χ4v) is 8.34. The molecule has 2 aliphatic rings. The molecular weight excluding hydrogens is 1060 g/mol. The number of carbonyl (C=O) groups excluding carboxylic acids is 4. The highest BCUT2D eigenvalue weighted by Gasteiger charge is 2.58. The Morgan fingerprint density at radius 2 is 1.35 bits per heavy atom. The van der Waals surface area contributed by atoms with Crippen molar-refractivity contribution in [1.82, 2.24) is 40.5 Å². The molecule has 4 aromatic rings. The number of nitrogens with zero attached hydrogens (tertiary/aromatic N) is 6. The lowest BCUT2D eigenvalue weighted by Gasteiger charge is -2.42. The summed E-state index contributed by atoms with van der Waals surface area (Å²) in [5.74, 6) is 0.449. The third-order valence-corrected chi connectivity index (χ3v) is 13.7. The Morgan fingerprint density at radius 1 is 0.795 bits per heavy atom. The van der Waals surface area contributed by atoms with Gasteiger partial charge in [-0.3, -0.25) is 14.5 Å². The van der Waals surface area contributed by atoms with Crippen LogP contribution in [0.1, 0.15) is 56.5 Å². The standard InChI is InChI=1S/C51H57F10N9O8/c1-48(2,50(56,57)58)41(64-46(74)76-5)43(72)63-38(21-30-10-7-29(8-11-30)9-12-31-13-14-40(62-24-31)68-19-17-67(18-20-68)33-27-78-28-33)39(71)26-69(44(73)42(65-47(75)77-6)49(3,4)51(59,60)61)25-34-35(52)22-32(23-36(34)53)37-15-16-70(66-37)45(54)55/h7-8,10-11,13-16,22-24,33,38-39,41-42,45,71H,17-21,25-28H2,1-6H3,(H,63,72)(H,64,74)(H,65,75)/t38-,39-,41+,42+/m0/s1. The fourth-order valence-electron chi connectivity index (χ4n) is 8.34. The second-order valence-corrected chi connectivity index (χ2v) is 19.6. The van der Waals surface area contributed by atoms with Gasteiger partial charge in [0, 0.05) is 67.4 Å². The zero-order valence-electron chi connectivity index (χ0n) is 42.9. The number of hydrogen-bond acceptors (Lipinski definition) is 12. The van der Waals surface area contributed by atoms with E-state index in [1.807, 2.05) is 11.4 Å². The maximum atomic E-state index is 16.1. The van der Waals surface area contributed by atoms with Gasteiger partial charge in [-0.15, -0.1) is 0 Å². The van der Waals surface area contributed by atoms with Gasteiger partial charge in [0.15, 0.2) is 0 Å². The molecule has 0 spiro atoms. The van der Waals surface area contributed by atoms with Crippen molar-refractivity contribution in [3.05, 3.63) is 101 Å². The number of nitrogens with one attached hydrogen (secondary N) is 3. The van der Waals surface area contributed by atoms with Gasteiger partial charge in [0.1, 0.15) is 29.5 Å². The molecule has 4 atom stereocenters. The summed E-state index contributed by atoms with van der Waals surface area (Å²) in [5, 5.41) is 21.5. The van der Waals surface area contributed by atoms with Crippen molar-refractivity contribution >= 4 is 29.8 Å². The van der Waals surface area contributed by atoms with E-state index in [9.17, 15) is 59.4 Å². The number of aliphatic hydroxyl groups excluding tert-OH is 1.